The molecule has 0 radical (unpaired) electrons. The quantitative estimate of drug-likeness (QED) is 0.826. The maximum Gasteiger partial charge on any atom is 0.217 e. The first-order valence-corrected chi connectivity index (χ1v) is 6.97. The first-order valence-electron chi connectivity index (χ1n) is 5.08. The summed E-state index contributed by atoms with van der Waals surface area (Å²) in [6.45, 7) is 1.94. The van der Waals surface area contributed by atoms with E-state index in [2.05, 4.69) is 5.32 Å². The molecule has 1 saturated heterocycles. The van der Waals surface area contributed by atoms with Crippen LogP contribution in [-0.4, -0.2) is 27.8 Å². The number of piperidine rings is 1. The maximum absolute atomic E-state index is 11.2. The lowest BCUT2D eigenvalue weighted by molar-refractivity contribution is 0.348. The first kappa shape index (κ1) is 10.7. The molecule has 0 aromatic carbocycles. The third kappa shape index (κ3) is 2.41. The van der Waals surface area contributed by atoms with Crippen molar-refractivity contribution >= 4 is 9.84 Å². The van der Waals surface area contributed by atoms with E-state index in [1.54, 1.807) is 12.1 Å². The SMILES string of the molecule is CS(=O)(=O)c1ccc(C2CCNCC2)o1. The Balaban J connectivity index is 2.19. The molecule has 84 valence electrons. The number of nitrogens with one attached hydrogen (secondary N) is 1. The Bertz CT molecular complexity index is 429. The third-order valence-electron chi connectivity index (χ3n) is 2.71. The molecular weight excluding hydrogens is 214 g/mol. The van der Waals surface area contributed by atoms with Gasteiger partial charge in [0.1, 0.15) is 5.76 Å². The number of sulfone groups is 1. The van der Waals surface area contributed by atoms with Gasteiger partial charge in [-0.25, -0.2) is 8.42 Å². The van der Waals surface area contributed by atoms with Crippen LogP contribution in [0.4, 0.5) is 0 Å². The van der Waals surface area contributed by atoms with Gasteiger partial charge >= 0.3 is 0 Å². The van der Waals surface area contributed by atoms with E-state index >= 15 is 0 Å². The van der Waals surface area contributed by atoms with Crippen molar-refractivity contribution < 1.29 is 12.8 Å². The largest absolute Gasteiger partial charge is 0.449 e. The van der Waals surface area contributed by atoms with Crippen LogP contribution in [0.2, 0.25) is 0 Å². The Kier molecular flexibility index (Phi) is 2.84. The number of hydrogen-bond acceptors (Lipinski definition) is 4. The van der Waals surface area contributed by atoms with E-state index in [4.69, 9.17) is 4.42 Å². The molecular formula is C10H15NO3S. The molecule has 1 aliphatic rings. The molecule has 1 fully saturated rings. The minimum absolute atomic E-state index is 0.0797. The maximum atomic E-state index is 11.2. The smallest absolute Gasteiger partial charge is 0.217 e. The van der Waals surface area contributed by atoms with Gasteiger partial charge in [0.05, 0.1) is 0 Å². The van der Waals surface area contributed by atoms with Gasteiger partial charge in [0.15, 0.2) is 0 Å². The summed E-state index contributed by atoms with van der Waals surface area (Å²) >= 11 is 0. The van der Waals surface area contributed by atoms with E-state index in [1.165, 1.54) is 0 Å². The van der Waals surface area contributed by atoms with E-state index in [0.29, 0.717) is 5.92 Å². The summed E-state index contributed by atoms with van der Waals surface area (Å²) in [6, 6.07) is 3.33. The lowest BCUT2D eigenvalue weighted by atomic mass is 9.96. The molecule has 0 spiro atoms. The van der Waals surface area contributed by atoms with Crippen molar-refractivity contribution in [2.75, 3.05) is 19.3 Å². The first-order chi connectivity index (χ1) is 7.07. The second-order valence-corrected chi connectivity index (χ2v) is 5.90. The van der Waals surface area contributed by atoms with Crippen LogP contribution in [0.3, 0.4) is 0 Å². The van der Waals surface area contributed by atoms with E-state index in [9.17, 15) is 8.42 Å². The van der Waals surface area contributed by atoms with Gasteiger partial charge in [0.25, 0.3) is 0 Å². The van der Waals surface area contributed by atoms with Gasteiger partial charge < -0.3 is 9.73 Å². The Morgan fingerprint density at radius 1 is 1.33 bits per heavy atom. The highest BCUT2D eigenvalue weighted by Gasteiger charge is 2.20. The highest BCUT2D eigenvalue weighted by Crippen LogP contribution is 2.28. The molecule has 15 heavy (non-hydrogen) atoms. The third-order valence-corrected chi connectivity index (χ3v) is 3.66. The Morgan fingerprint density at radius 3 is 2.53 bits per heavy atom. The van der Waals surface area contributed by atoms with Crippen LogP contribution in [0, 0.1) is 0 Å². The fourth-order valence-electron chi connectivity index (χ4n) is 1.86. The van der Waals surface area contributed by atoms with E-state index in [0.717, 1.165) is 37.9 Å². The van der Waals surface area contributed by atoms with Crippen molar-refractivity contribution in [1.29, 1.82) is 0 Å². The zero-order valence-corrected chi connectivity index (χ0v) is 9.51. The summed E-state index contributed by atoms with van der Waals surface area (Å²) in [6.07, 6.45) is 3.19. The lowest BCUT2D eigenvalue weighted by Gasteiger charge is -2.20. The normalized spacial score (nSPS) is 19.3. The van der Waals surface area contributed by atoms with Gasteiger partial charge in [-0.2, -0.15) is 0 Å². The summed E-state index contributed by atoms with van der Waals surface area (Å²) in [5.74, 6) is 1.17. The van der Waals surface area contributed by atoms with E-state index in [1.807, 2.05) is 0 Å². The highest BCUT2D eigenvalue weighted by atomic mass is 32.2. The van der Waals surface area contributed by atoms with Gasteiger partial charge in [-0.3, -0.25) is 0 Å². The molecule has 0 unspecified atom stereocenters. The van der Waals surface area contributed by atoms with Crippen LogP contribution in [0.15, 0.2) is 21.6 Å². The molecule has 0 bridgehead atoms. The van der Waals surface area contributed by atoms with Crippen molar-refractivity contribution in [3.05, 3.63) is 17.9 Å². The molecule has 0 atom stereocenters. The number of rotatable bonds is 2. The van der Waals surface area contributed by atoms with Crippen molar-refractivity contribution in [3.63, 3.8) is 0 Å². The predicted molar refractivity (Wildman–Crippen MR) is 56.7 cm³/mol. The molecule has 2 heterocycles. The summed E-state index contributed by atoms with van der Waals surface area (Å²) < 4.78 is 27.8. The number of furan rings is 1. The van der Waals surface area contributed by atoms with Crippen molar-refractivity contribution in [2.24, 2.45) is 0 Å². The minimum Gasteiger partial charge on any atom is -0.449 e. The van der Waals surface area contributed by atoms with Crippen molar-refractivity contribution in [2.45, 2.75) is 23.9 Å². The Morgan fingerprint density at radius 2 is 2.00 bits per heavy atom. The molecule has 0 aliphatic carbocycles. The zero-order chi connectivity index (χ0) is 10.9. The fourth-order valence-corrected chi connectivity index (χ4v) is 2.42. The van der Waals surface area contributed by atoms with E-state index in [-0.39, 0.29) is 5.09 Å². The molecule has 0 amide bonds. The summed E-state index contributed by atoms with van der Waals surface area (Å²) in [4.78, 5) is 0. The van der Waals surface area contributed by atoms with Crippen LogP contribution < -0.4 is 5.32 Å². The zero-order valence-electron chi connectivity index (χ0n) is 8.69. The summed E-state index contributed by atoms with van der Waals surface area (Å²) in [5, 5.41) is 3.34. The molecule has 1 N–H and O–H groups in total. The Labute approximate surface area is 89.6 Å². The molecule has 1 aromatic rings. The van der Waals surface area contributed by atoms with Crippen LogP contribution in [0.25, 0.3) is 0 Å². The number of hydrogen-bond donors (Lipinski definition) is 1. The van der Waals surface area contributed by atoms with Gasteiger partial charge in [0, 0.05) is 12.2 Å². The molecule has 2 rings (SSSR count). The Hall–Kier alpha value is -0.810. The fraction of sp³-hybridized carbons (Fsp3) is 0.600. The van der Waals surface area contributed by atoms with E-state index < -0.39 is 9.84 Å². The topological polar surface area (TPSA) is 59.3 Å². The predicted octanol–water partition coefficient (Wildman–Crippen LogP) is 1.15. The van der Waals surface area contributed by atoms with Crippen LogP contribution in [0.1, 0.15) is 24.5 Å². The average molecular weight is 229 g/mol. The second kappa shape index (κ2) is 3.98. The van der Waals surface area contributed by atoms with Gasteiger partial charge in [0.2, 0.25) is 14.9 Å². The van der Waals surface area contributed by atoms with Gasteiger partial charge in [-0.05, 0) is 38.1 Å². The molecule has 1 aromatic heterocycles. The van der Waals surface area contributed by atoms with Gasteiger partial charge in [-0.1, -0.05) is 0 Å². The highest BCUT2D eigenvalue weighted by molar-refractivity contribution is 7.90. The van der Waals surface area contributed by atoms with Crippen LogP contribution >= 0.6 is 0 Å². The van der Waals surface area contributed by atoms with Crippen LogP contribution in [-0.2, 0) is 9.84 Å². The van der Waals surface area contributed by atoms with Crippen LogP contribution in [0.5, 0.6) is 0 Å². The average Bonchev–Trinajstić information content (AvgIpc) is 2.67. The molecule has 5 heteroatoms. The lowest BCUT2D eigenvalue weighted by Crippen LogP contribution is -2.26. The van der Waals surface area contributed by atoms with Gasteiger partial charge in [-0.15, -0.1) is 0 Å². The molecule has 0 saturated carbocycles. The minimum atomic E-state index is -3.20. The molecule has 4 nitrogen and oxygen atoms in total. The van der Waals surface area contributed by atoms with Crippen molar-refractivity contribution in [1.82, 2.24) is 5.32 Å². The standard InChI is InChI=1S/C10H15NO3S/c1-15(12,13)10-3-2-9(14-10)8-4-6-11-7-5-8/h2-3,8,11H,4-7H2,1H3. The molecule has 1 aliphatic heterocycles. The summed E-state index contributed by atoms with van der Waals surface area (Å²) in [5.41, 5.74) is 0. The second-order valence-electron chi connectivity index (χ2n) is 3.95. The monoisotopic (exact) mass is 229 g/mol. The summed E-state index contributed by atoms with van der Waals surface area (Å²) in [7, 11) is -3.20. The van der Waals surface area contributed by atoms with Crippen molar-refractivity contribution in [3.8, 4) is 0 Å².